The van der Waals surface area contributed by atoms with E-state index in [0.29, 0.717) is 19.2 Å². The van der Waals surface area contributed by atoms with Crippen LogP contribution in [0.15, 0.2) is 24.3 Å². The van der Waals surface area contributed by atoms with E-state index in [4.69, 9.17) is 4.74 Å². The first kappa shape index (κ1) is 18.2. The Bertz CT molecular complexity index is 458. The Morgan fingerprint density at radius 1 is 1.30 bits per heavy atom. The van der Waals surface area contributed by atoms with Gasteiger partial charge in [0.1, 0.15) is 18.5 Å². The van der Waals surface area contributed by atoms with E-state index < -0.39 is 6.10 Å². The third-order valence-electron chi connectivity index (χ3n) is 4.74. The fourth-order valence-electron chi connectivity index (χ4n) is 3.34. The minimum absolute atomic E-state index is 0.351. The van der Waals surface area contributed by atoms with E-state index >= 15 is 0 Å². The molecule has 1 saturated heterocycles. The fraction of sp³-hybridized carbons (Fsp3) is 0.684. The van der Waals surface area contributed by atoms with Crippen LogP contribution in [0, 0.1) is 6.92 Å². The van der Waals surface area contributed by atoms with Crippen molar-refractivity contribution in [1.29, 1.82) is 0 Å². The number of likely N-dealkylation sites (N-methyl/N-ethyl adjacent to an activating group) is 1. The maximum absolute atomic E-state index is 10.3. The van der Waals surface area contributed by atoms with Gasteiger partial charge in [-0.15, -0.1) is 0 Å². The first-order valence-corrected chi connectivity index (χ1v) is 8.89. The number of aliphatic hydroxyl groups excluding tert-OH is 1. The van der Waals surface area contributed by atoms with Crippen LogP contribution in [-0.2, 0) is 0 Å². The standard InChI is InChI=1S/C19H32N2O2/c1-4-11-21-12-9-17(10-13-21)20(3)14-18(22)15-23-19-8-6-5-7-16(19)2/h5-8,17-18,22H,4,9-15H2,1-3H3. The second-order valence-electron chi connectivity index (χ2n) is 6.74. The van der Waals surface area contributed by atoms with Gasteiger partial charge in [-0.1, -0.05) is 25.1 Å². The number of aryl methyl sites for hydroxylation is 1. The summed E-state index contributed by atoms with van der Waals surface area (Å²) in [4.78, 5) is 4.84. The first-order valence-electron chi connectivity index (χ1n) is 8.89. The van der Waals surface area contributed by atoms with Crippen molar-refractivity contribution in [3.63, 3.8) is 0 Å². The molecule has 1 atom stereocenters. The largest absolute Gasteiger partial charge is 0.491 e. The molecule has 0 amide bonds. The van der Waals surface area contributed by atoms with Crippen molar-refractivity contribution in [2.45, 2.75) is 45.3 Å². The van der Waals surface area contributed by atoms with Crippen molar-refractivity contribution >= 4 is 0 Å². The number of para-hydroxylation sites is 1. The van der Waals surface area contributed by atoms with Crippen molar-refractivity contribution in [3.8, 4) is 5.75 Å². The smallest absolute Gasteiger partial charge is 0.122 e. The maximum Gasteiger partial charge on any atom is 0.122 e. The van der Waals surface area contributed by atoms with Gasteiger partial charge < -0.3 is 19.6 Å². The lowest BCUT2D eigenvalue weighted by molar-refractivity contribution is 0.0471. The molecule has 1 aliphatic rings. The second kappa shape index (κ2) is 9.26. The lowest BCUT2D eigenvalue weighted by Gasteiger charge is -2.37. The Morgan fingerprint density at radius 3 is 2.65 bits per heavy atom. The number of likely N-dealkylation sites (tertiary alicyclic amines) is 1. The van der Waals surface area contributed by atoms with E-state index in [1.165, 1.54) is 38.9 Å². The van der Waals surface area contributed by atoms with Crippen LogP contribution in [0.5, 0.6) is 5.75 Å². The fourth-order valence-corrected chi connectivity index (χ4v) is 3.34. The molecule has 1 N–H and O–H groups in total. The molecule has 0 spiro atoms. The lowest BCUT2D eigenvalue weighted by atomic mass is 10.0. The molecule has 0 aromatic heterocycles. The molecular weight excluding hydrogens is 288 g/mol. The highest BCUT2D eigenvalue weighted by Gasteiger charge is 2.23. The van der Waals surface area contributed by atoms with Crippen LogP contribution >= 0.6 is 0 Å². The Morgan fingerprint density at radius 2 is 2.00 bits per heavy atom. The molecule has 2 rings (SSSR count). The Balaban J connectivity index is 1.70. The van der Waals surface area contributed by atoms with Gasteiger partial charge in [0.2, 0.25) is 0 Å². The van der Waals surface area contributed by atoms with Gasteiger partial charge in [-0.25, -0.2) is 0 Å². The zero-order chi connectivity index (χ0) is 16.7. The van der Waals surface area contributed by atoms with E-state index in [0.717, 1.165) is 11.3 Å². The summed E-state index contributed by atoms with van der Waals surface area (Å²) in [5.74, 6) is 0.863. The summed E-state index contributed by atoms with van der Waals surface area (Å²) in [6.45, 7) is 8.86. The third kappa shape index (κ3) is 5.79. The molecule has 1 fully saturated rings. The second-order valence-corrected chi connectivity index (χ2v) is 6.74. The van der Waals surface area contributed by atoms with Crippen LogP contribution in [0.25, 0.3) is 0 Å². The minimum atomic E-state index is -0.451. The van der Waals surface area contributed by atoms with Gasteiger partial charge in [-0.3, -0.25) is 0 Å². The minimum Gasteiger partial charge on any atom is -0.491 e. The number of piperidine rings is 1. The number of ether oxygens (including phenoxy) is 1. The first-order chi connectivity index (χ1) is 11.1. The van der Waals surface area contributed by atoms with Crippen LogP contribution in [0.3, 0.4) is 0 Å². The predicted molar refractivity (Wildman–Crippen MR) is 95.1 cm³/mol. The van der Waals surface area contributed by atoms with E-state index in [1.54, 1.807) is 0 Å². The van der Waals surface area contributed by atoms with E-state index in [2.05, 4.69) is 23.8 Å². The van der Waals surface area contributed by atoms with Crippen molar-refractivity contribution in [1.82, 2.24) is 9.80 Å². The molecule has 4 heteroatoms. The van der Waals surface area contributed by atoms with Crippen LogP contribution in [0.2, 0.25) is 0 Å². The van der Waals surface area contributed by atoms with Gasteiger partial charge in [-0.2, -0.15) is 0 Å². The van der Waals surface area contributed by atoms with Crippen LogP contribution in [0.4, 0.5) is 0 Å². The summed E-state index contributed by atoms with van der Waals surface area (Å²) >= 11 is 0. The maximum atomic E-state index is 10.3. The average molecular weight is 320 g/mol. The van der Waals surface area contributed by atoms with Gasteiger partial charge in [0, 0.05) is 12.6 Å². The number of aliphatic hydroxyl groups is 1. The Hall–Kier alpha value is -1.10. The normalized spacial score (nSPS) is 18.3. The van der Waals surface area contributed by atoms with Crippen molar-refractivity contribution in [2.75, 3.05) is 39.8 Å². The molecule has 23 heavy (non-hydrogen) atoms. The molecule has 0 aliphatic carbocycles. The molecular formula is C19H32N2O2. The van der Waals surface area contributed by atoms with E-state index in [-0.39, 0.29) is 0 Å². The van der Waals surface area contributed by atoms with Gasteiger partial charge in [-0.05, 0) is 64.5 Å². The summed E-state index contributed by atoms with van der Waals surface area (Å²) in [6.07, 6.45) is 3.17. The van der Waals surface area contributed by atoms with Crippen LogP contribution in [-0.4, -0.2) is 66.9 Å². The molecule has 1 unspecified atom stereocenters. The molecule has 130 valence electrons. The number of rotatable bonds is 8. The monoisotopic (exact) mass is 320 g/mol. The summed E-state index contributed by atoms with van der Waals surface area (Å²) in [6, 6.07) is 8.52. The van der Waals surface area contributed by atoms with Crippen LogP contribution < -0.4 is 4.74 Å². The molecule has 1 aromatic rings. The number of benzene rings is 1. The van der Waals surface area contributed by atoms with Gasteiger partial charge in [0.05, 0.1) is 0 Å². The third-order valence-corrected chi connectivity index (χ3v) is 4.74. The van der Waals surface area contributed by atoms with Crippen molar-refractivity contribution < 1.29 is 9.84 Å². The summed E-state index contributed by atoms with van der Waals surface area (Å²) in [5, 5.41) is 10.3. The van der Waals surface area contributed by atoms with Crippen molar-refractivity contribution in [2.24, 2.45) is 0 Å². The topological polar surface area (TPSA) is 35.9 Å². The SMILES string of the molecule is CCCN1CCC(N(C)CC(O)COc2ccccc2C)CC1. The van der Waals surface area contributed by atoms with Crippen LogP contribution in [0.1, 0.15) is 31.7 Å². The van der Waals surface area contributed by atoms with Gasteiger partial charge >= 0.3 is 0 Å². The molecule has 4 nitrogen and oxygen atoms in total. The van der Waals surface area contributed by atoms with Crippen molar-refractivity contribution in [3.05, 3.63) is 29.8 Å². The zero-order valence-corrected chi connectivity index (χ0v) is 14.9. The highest BCUT2D eigenvalue weighted by atomic mass is 16.5. The van der Waals surface area contributed by atoms with Gasteiger partial charge in [0.15, 0.2) is 0 Å². The highest BCUT2D eigenvalue weighted by molar-refractivity contribution is 5.31. The molecule has 0 saturated carbocycles. The Kier molecular flexibility index (Phi) is 7.34. The van der Waals surface area contributed by atoms with E-state index in [9.17, 15) is 5.11 Å². The molecule has 1 aromatic carbocycles. The lowest BCUT2D eigenvalue weighted by Crippen LogP contribution is -2.46. The molecule has 1 heterocycles. The zero-order valence-electron chi connectivity index (χ0n) is 14.9. The average Bonchev–Trinajstić information content (AvgIpc) is 2.55. The summed E-state index contributed by atoms with van der Waals surface area (Å²) in [5.41, 5.74) is 1.11. The van der Waals surface area contributed by atoms with E-state index in [1.807, 2.05) is 31.2 Å². The molecule has 0 radical (unpaired) electrons. The quantitative estimate of drug-likeness (QED) is 0.798. The predicted octanol–water partition coefficient (Wildman–Crippen LogP) is 2.54. The number of hydrogen-bond donors (Lipinski definition) is 1. The highest BCUT2D eigenvalue weighted by Crippen LogP contribution is 2.18. The molecule has 1 aliphatic heterocycles. The van der Waals surface area contributed by atoms with Gasteiger partial charge in [0.25, 0.3) is 0 Å². The molecule has 0 bridgehead atoms. The Labute approximate surface area is 141 Å². The number of nitrogens with zero attached hydrogens (tertiary/aromatic N) is 2. The number of hydrogen-bond acceptors (Lipinski definition) is 4. The summed E-state index contributed by atoms with van der Waals surface area (Å²) < 4.78 is 5.75. The summed E-state index contributed by atoms with van der Waals surface area (Å²) in [7, 11) is 2.12.